The molecule has 124 valence electrons. The lowest BCUT2D eigenvalue weighted by atomic mass is 10.2. The number of nitriles is 1. The van der Waals surface area contributed by atoms with Crippen molar-refractivity contribution >= 4 is 17.3 Å². The smallest absolute Gasteiger partial charge is 0.226 e. The molecule has 0 fully saturated rings. The van der Waals surface area contributed by atoms with Crippen LogP contribution in [0.3, 0.4) is 0 Å². The van der Waals surface area contributed by atoms with Gasteiger partial charge in [0.2, 0.25) is 5.91 Å². The van der Waals surface area contributed by atoms with E-state index in [4.69, 9.17) is 14.7 Å². The van der Waals surface area contributed by atoms with Crippen LogP contribution in [0.15, 0.2) is 42.5 Å². The van der Waals surface area contributed by atoms with Crippen molar-refractivity contribution in [1.82, 2.24) is 0 Å². The summed E-state index contributed by atoms with van der Waals surface area (Å²) in [7, 11) is 3.10. The van der Waals surface area contributed by atoms with Crippen LogP contribution in [0.1, 0.15) is 12.0 Å². The zero-order chi connectivity index (χ0) is 17.4. The number of carbonyl (C=O) groups excluding carboxylic acids is 1. The minimum Gasteiger partial charge on any atom is -0.493 e. The molecule has 0 aliphatic rings. The molecule has 0 radical (unpaired) electrons. The molecule has 0 saturated carbocycles. The first-order chi connectivity index (χ1) is 11.7. The second-order valence-corrected chi connectivity index (χ2v) is 4.99. The number of ether oxygens (including phenoxy) is 2. The van der Waals surface area contributed by atoms with Crippen molar-refractivity contribution < 1.29 is 14.3 Å². The van der Waals surface area contributed by atoms with E-state index in [1.54, 1.807) is 50.6 Å². The third-order valence-corrected chi connectivity index (χ3v) is 3.34. The van der Waals surface area contributed by atoms with Crippen molar-refractivity contribution in [3.63, 3.8) is 0 Å². The molecule has 0 atom stereocenters. The standard InChI is InChI=1S/C18H19N3O3/c1-23-16-7-6-15(11-17(16)24-2)21-18(22)8-9-20-14-5-3-4-13(10-14)12-19/h3-7,10-11,20H,8-9H2,1-2H3,(H,21,22). The Bertz CT molecular complexity index is 753. The monoisotopic (exact) mass is 325 g/mol. The van der Waals surface area contributed by atoms with Crippen molar-refractivity contribution in [2.45, 2.75) is 6.42 Å². The summed E-state index contributed by atoms with van der Waals surface area (Å²) < 4.78 is 10.4. The first-order valence-corrected chi connectivity index (χ1v) is 7.42. The number of nitrogens with zero attached hydrogens (tertiary/aromatic N) is 1. The van der Waals surface area contributed by atoms with Gasteiger partial charge in [-0.3, -0.25) is 4.79 Å². The third kappa shape index (κ3) is 4.65. The van der Waals surface area contributed by atoms with Gasteiger partial charge in [0, 0.05) is 30.4 Å². The van der Waals surface area contributed by atoms with Crippen LogP contribution in [0.4, 0.5) is 11.4 Å². The first-order valence-electron chi connectivity index (χ1n) is 7.42. The topological polar surface area (TPSA) is 83.4 Å². The van der Waals surface area contributed by atoms with Gasteiger partial charge in [-0.2, -0.15) is 5.26 Å². The number of methoxy groups -OCH3 is 2. The molecule has 2 aromatic carbocycles. The van der Waals surface area contributed by atoms with E-state index in [0.29, 0.717) is 35.7 Å². The summed E-state index contributed by atoms with van der Waals surface area (Å²) in [5.74, 6) is 1.04. The molecule has 2 rings (SSSR count). The van der Waals surface area contributed by atoms with Crippen LogP contribution >= 0.6 is 0 Å². The second-order valence-electron chi connectivity index (χ2n) is 4.99. The average Bonchev–Trinajstić information content (AvgIpc) is 2.61. The number of hydrogen-bond acceptors (Lipinski definition) is 5. The zero-order valence-electron chi connectivity index (χ0n) is 13.6. The SMILES string of the molecule is COc1ccc(NC(=O)CCNc2cccc(C#N)c2)cc1OC. The van der Waals surface area contributed by atoms with Gasteiger partial charge in [-0.15, -0.1) is 0 Å². The van der Waals surface area contributed by atoms with Crippen molar-refractivity contribution in [2.24, 2.45) is 0 Å². The van der Waals surface area contributed by atoms with Crippen LogP contribution in [0, 0.1) is 11.3 Å². The quantitative estimate of drug-likeness (QED) is 0.817. The molecule has 24 heavy (non-hydrogen) atoms. The highest BCUT2D eigenvalue weighted by Gasteiger charge is 2.07. The highest BCUT2D eigenvalue weighted by atomic mass is 16.5. The lowest BCUT2D eigenvalue weighted by Crippen LogP contribution is -2.16. The Morgan fingerprint density at radius 2 is 1.88 bits per heavy atom. The summed E-state index contributed by atoms with van der Waals surface area (Å²) in [6, 6.07) is 14.4. The second kappa shape index (κ2) is 8.44. The number of benzene rings is 2. The number of rotatable bonds is 7. The highest BCUT2D eigenvalue weighted by molar-refractivity contribution is 5.91. The molecular weight excluding hydrogens is 306 g/mol. The number of amides is 1. The molecule has 0 unspecified atom stereocenters. The predicted molar refractivity (Wildman–Crippen MR) is 92.4 cm³/mol. The molecule has 0 heterocycles. The summed E-state index contributed by atoms with van der Waals surface area (Å²) in [6.07, 6.45) is 0.297. The van der Waals surface area contributed by atoms with Gasteiger partial charge in [0.15, 0.2) is 11.5 Å². The van der Waals surface area contributed by atoms with Crippen LogP contribution < -0.4 is 20.1 Å². The number of nitrogens with one attached hydrogen (secondary N) is 2. The molecule has 0 aromatic heterocycles. The van der Waals surface area contributed by atoms with E-state index in [-0.39, 0.29) is 5.91 Å². The van der Waals surface area contributed by atoms with Crippen molar-refractivity contribution in [3.8, 4) is 17.6 Å². The molecule has 6 heteroatoms. The van der Waals surface area contributed by atoms with Crippen LogP contribution in [0.2, 0.25) is 0 Å². The molecule has 0 aliphatic carbocycles. The Morgan fingerprint density at radius 1 is 1.08 bits per heavy atom. The zero-order valence-corrected chi connectivity index (χ0v) is 13.6. The molecule has 0 bridgehead atoms. The van der Waals surface area contributed by atoms with Gasteiger partial charge in [-0.1, -0.05) is 6.07 Å². The molecule has 0 spiro atoms. The first kappa shape index (κ1) is 17.2. The molecule has 0 aliphatic heterocycles. The molecule has 1 amide bonds. The molecule has 2 aromatic rings. The van der Waals surface area contributed by atoms with E-state index < -0.39 is 0 Å². The Hall–Kier alpha value is -3.20. The summed E-state index contributed by atoms with van der Waals surface area (Å²) in [5, 5.41) is 14.8. The van der Waals surface area contributed by atoms with Crippen LogP contribution in [-0.4, -0.2) is 26.7 Å². The van der Waals surface area contributed by atoms with Crippen LogP contribution in [0.25, 0.3) is 0 Å². The van der Waals surface area contributed by atoms with E-state index >= 15 is 0 Å². The van der Waals surface area contributed by atoms with Crippen molar-refractivity contribution in [1.29, 1.82) is 5.26 Å². The van der Waals surface area contributed by atoms with Crippen LogP contribution in [-0.2, 0) is 4.79 Å². The van der Waals surface area contributed by atoms with Gasteiger partial charge >= 0.3 is 0 Å². The van der Waals surface area contributed by atoms with E-state index in [1.807, 2.05) is 6.07 Å². The Morgan fingerprint density at radius 3 is 2.58 bits per heavy atom. The van der Waals surface area contributed by atoms with E-state index in [1.165, 1.54) is 0 Å². The number of anilines is 2. The van der Waals surface area contributed by atoms with E-state index in [2.05, 4.69) is 16.7 Å². The minimum atomic E-state index is -0.119. The Kier molecular flexibility index (Phi) is 6.03. The Labute approximate surface area is 141 Å². The summed E-state index contributed by atoms with van der Waals surface area (Å²) >= 11 is 0. The van der Waals surface area contributed by atoms with Crippen molar-refractivity contribution in [2.75, 3.05) is 31.4 Å². The molecule has 6 nitrogen and oxygen atoms in total. The van der Waals surface area contributed by atoms with Gasteiger partial charge in [-0.25, -0.2) is 0 Å². The lowest BCUT2D eigenvalue weighted by Gasteiger charge is -2.11. The minimum absolute atomic E-state index is 0.119. The fourth-order valence-electron chi connectivity index (χ4n) is 2.16. The normalized spacial score (nSPS) is 9.71. The number of hydrogen-bond donors (Lipinski definition) is 2. The number of carbonyl (C=O) groups is 1. The molecular formula is C18H19N3O3. The van der Waals surface area contributed by atoms with Gasteiger partial charge < -0.3 is 20.1 Å². The van der Waals surface area contributed by atoms with Crippen molar-refractivity contribution in [3.05, 3.63) is 48.0 Å². The fraction of sp³-hybridized carbons (Fsp3) is 0.222. The highest BCUT2D eigenvalue weighted by Crippen LogP contribution is 2.29. The third-order valence-electron chi connectivity index (χ3n) is 3.34. The summed E-state index contributed by atoms with van der Waals surface area (Å²) in [5.41, 5.74) is 2.03. The van der Waals surface area contributed by atoms with Gasteiger partial charge in [0.05, 0.1) is 25.9 Å². The van der Waals surface area contributed by atoms with E-state index in [0.717, 1.165) is 5.69 Å². The summed E-state index contributed by atoms with van der Waals surface area (Å²) in [4.78, 5) is 12.0. The van der Waals surface area contributed by atoms with Crippen LogP contribution in [0.5, 0.6) is 11.5 Å². The Balaban J connectivity index is 1.86. The summed E-state index contributed by atoms with van der Waals surface area (Å²) in [6.45, 7) is 0.466. The molecule has 0 saturated heterocycles. The van der Waals surface area contributed by atoms with Gasteiger partial charge in [0.25, 0.3) is 0 Å². The van der Waals surface area contributed by atoms with Gasteiger partial charge in [-0.05, 0) is 30.3 Å². The predicted octanol–water partition coefficient (Wildman–Crippen LogP) is 3.02. The van der Waals surface area contributed by atoms with E-state index in [9.17, 15) is 4.79 Å². The molecule has 2 N–H and O–H groups in total. The maximum Gasteiger partial charge on any atom is 0.226 e. The van der Waals surface area contributed by atoms with Gasteiger partial charge in [0.1, 0.15) is 0 Å². The largest absolute Gasteiger partial charge is 0.493 e. The maximum absolute atomic E-state index is 12.0. The fourth-order valence-corrected chi connectivity index (χ4v) is 2.16. The maximum atomic E-state index is 12.0. The average molecular weight is 325 g/mol. The lowest BCUT2D eigenvalue weighted by molar-refractivity contribution is -0.115.